The summed E-state index contributed by atoms with van der Waals surface area (Å²) in [5.74, 6) is 0.137. The summed E-state index contributed by atoms with van der Waals surface area (Å²) >= 11 is 18.9. The number of carbonyl (C=O) groups excluding carboxylic acids is 2. The molecule has 1 saturated heterocycles. The van der Waals surface area contributed by atoms with Crippen LogP contribution in [0.15, 0.2) is 72.8 Å². The molecule has 1 aliphatic carbocycles. The van der Waals surface area contributed by atoms with Gasteiger partial charge in [0.05, 0.1) is 21.0 Å². The third-order valence-corrected chi connectivity index (χ3v) is 9.62. The molecule has 8 heteroatoms. The molecule has 40 heavy (non-hydrogen) atoms. The van der Waals surface area contributed by atoms with Crippen LogP contribution in [0, 0.1) is 5.92 Å². The Morgan fingerprint density at radius 2 is 1.57 bits per heavy atom. The summed E-state index contributed by atoms with van der Waals surface area (Å²) < 4.78 is 0. The number of hydrogen-bond donors (Lipinski definition) is 2. The topological polar surface area (TPSA) is 61.4 Å². The summed E-state index contributed by atoms with van der Waals surface area (Å²) in [5, 5.41) is 8.06. The second-order valence-electron chi connectivity index (χ2n) is 11.0. The van der Waals surface area contributed by atoms with E-state index >= 15 is 0 Å². The lowest BCUT2D eigenvalue weighted by Gasteiger charge is -2.43. The zero-order valence-corrected chi connectivity index (χ0v) is 24.8. The first-order valence-corrected chi connectivity index (χ1v) is 14.9. The van der Waals surface area contributed by atoms with E-state index in [4.69, 9.17) is 34.8 Å². The molecular weight excluding hydrogens is 565 g/mol. The zero-order chi connectivity index (χ0) is 28.3. The van der Waals surface area contributed by atoms with Crippen molar-refractivity contribution in [2.24, 2.45) is 5.92 Å². The first-order valence-electron chi connectivity index (χ1n) is 13.8. The molecule has 3 aromatic carbocycles. The smallest absolute Gasteiger partial charge is 0.231 e. The minimum Gasteiger partial charge on any atom is -0.355 e. The first-order chi connectivity index (χ1) is 19.2. The summed E-state index contributed by atoms with van der Waals surface area (Å²) in [6.45, 7) is 4.53. The molecule has 210 valence electrons. The van der Waals surface area contributed by atoms with Gasteiger partial charge in [-0.25, -0.2) is 0 Å². The van der Waals surface area contributed by atoms with Gasteiger partial charge in [0.15, 0.2) is 0 Å². The van der Waals surface area contributed by atoms with Gasteiger partial charge in [-0.15, -0.1) is 0 Å². The first kappa shape index (κ1) is 28.9. The Labute approximate surface area is 251 Å². The van der Waals surface area contributed by atoms with Gasteiger partial charge in [0.25, 0.3) is 0 Å². The van der Waals surface area contributed by atoms with Crippen molar-refractivity contribution in [2.75, 3.05) is 26.2 Å². The van der Waals surface area contributed by atoms with E-state index in [9.17, 15) is 9.59 Å². The Morgan fingerprint density at radius 3 is 2.25 bits per heavy atom. The van der Waals surface area contributed by atoms with Crippen LogP contribution in [-0.4, -0.2) is 42.9 Å². The summed E-state index contributed by atoms with van der Waals surface area (Å²) in [6.07, 6.45) is 3.03. The highest BCUT2D eigenvalue weighted by atomic mass is 35.5. The molecule has 2 atom stereocenters. The number of nitrogens with one attached hydrogen (secondary N) is 2. The van der Waals surface area contributed by atoms with Crippen LogP contribution < -0.4 is 10.6 Å². The number of halogens is 3. The fraction of sp³-hybridized carbons (Fsp3) is 0.375. The predicted octanol–water partition coefficient (Wildman–Crippen LogP) is 6.39. The lowest BCUT2D eigenvalue weighted by Crippen LogP contribution is -2.53. The number of piperidine rings is 1. The van der Waals surface area contributed by atoms with Gasteiger partial charge in [0.1, 0.15) is 0 Å². The van der Waals surface area contributed by atoms with Crippen molar-refractivity contribution in [1.29, 1.82) is 0 Å². The molecule has 3 aromatic rings. The second-order valence-corrected chi connectivity index (χ2v) is 12.3. The van der Waals surface area contributed by atoms with E-state index in [1.54, 1.807) is 13.0 Å². The maximum Gasteiger partial charge on any atom is 0.231 e. The van der Waals surface area contributed by atoms with Crippen molar-refractivity contribution < 1.29 is 9.59 Å². The van der Waals surface area contributed by atoms with Crippen LogP contribution in [0.25, 0.3) is 0 Å². The van der Waals surface area contributed by atoms with Crippen LogP contribution in [0.3, 0.4) is 0 Å². The third-order valence-electron chi connectivity index (χ3n) is 8.51. The Balaban J connectivity index is 1.29. The van der Waals surface area contributed by atoms with Crippen molar-refractivity contribution >= 4 is 46.6 Å². The van der Waals surface area contributed by atoms with Crippen LogP contribution in [0.1, 0.15) is 42.9 Å². The summed E-state index contributed by atoms with van der Waals surface area (Å²) in [6, 6.07) is 23.5. The Kier molecular flexibility index (Phi) is 8.77. The number of nitrogens with zero attached hydrogens (tertiary/aromatic N) is 1. The van der Waals surface area contributed by atoms with Gasteiger partial charge in [-0.05, 0) is 66.5 Å². The molecule has 5 rings (SSSR count). The lowest BCUT2D eigenvalue weighted by atomic mass is 9.80. The van der Waals surface area contributed by atoms with Crippen molar-refractivity contribution in [1.82, 2.24) is 15.5 Å². The third kappa shape index (κ3) is 6.03. The Hall–Kier alpha value is -2.57. The average molecular weight is 599 g/mol. The number of benzene rings is 3. The Morgan fingerprint density at radius 1 is 0.875 bits per heavy atom. The summed E-state index contributed by atoms with van der Waals surface area (Å²) in [7, 11) is 0. The standard InChI is InChI=1S/C32H34Cl3N3O2/c1-22(39)37-31(24-8-3-2-4-9-24)14-17-38(18-15-31)21-26-20-32(26,25-11-12-28(34)29(35)19-25)30(40)36-16-13-23-7-5-6-10-27(23)33/h2-12,19,26H,13-18,20-21H2,1H3,(H,36,40)(H,37,39). The van der Waals surface area contributed by atoms with Crippen molar-refractivity contribution in [3.63, 3.8) is 0 Å². The maximum absolute atomic E-state index is 13.8. The van der Waals surface area contributed by atoms with E-state index in [2.05, 4.69) is 27.7 Å². The average Bonchev–Trinajstić information content (AvgIpc) is 3.67. The minimum absolute atomic E-state index is 0.0110. The van der Waals surface area contributed by atoms with Crippen LogP contribution in [-0.2, 0) is 27.0 Å². The highest BCUT2D eigenvalue weighted by Gasteiger charge is 2.61. The van der Waals surface area contributed by atoms with E-state index in [1.165, 1.54) is 0 Å². The van der Waals surface area contributed by atoms with E-state index in [1.807, 2.05) is 54.6 Å². The highest BCUT2D eigenvalue weighted by Crippen LogP contribution is 2.56. The van der Waals surface area contributed by atoms with Crippen molar-refractivity contribution in [3.05, 3.63) is 105 Å². The van der Waals surface area contributed by atoms with Gasteiger partial charge >= 0.3 is 0 Å². The van der Waals surface area contributed by atoms with E-state index < -0.39 is 5.41 Å². The van der Waals surface area contributed by atoms with E-state index in [0.29, 0.717) is 28.0 Å². The maximum atomic E-state index is 13.8. The normalized spacial score (nSPS) is 21.9. The van der Waals surface area contributed by atoms with E-state index in [0.717, 1.165) is 55.6 Å². The van der Waals surface area contributed by atoms with Crippen LogP contribution in [0.5, 0.6) is 0 Å². The van der Waals surface area contributed by atoms with Gasteiger partial charge in [0, 0.05) is 38.1 Å². The largest absolute Gasteiger partial charge is 0.355 e. The molecule has 2 amide bonds. The molecule has 2 fully saturated rings. The molecule has 0 aromatic heterocycles. The predicted molar refractivity (Wildman–Crippen MR) is 162 cm³/mol. The molecule has 0 radical (unpaired) electrons. The number of carbonyl (C=O) groups is 2. The molecule has 0 spiro atoms. The quantitative estimate of drug-likeness (QED) is 0.300. The van der Waals surface area contributed by atoms with Crippen molar-refractivity contribution in [2.45, 2.75) is 43.6 Å². The molecule has 2 N–H and O–H groups in total. The number of rotatable bonds is 9. The molecule has 1 saturated carbocycles. The summed E-state index contributed by atoms with van der Waals surface area (Å²) in [5.41, 5.74) is 2.02. The van der Waals surface area contributed by atoms with E-state index in [-0.39, 0.29) is 23.3 Å². The molecule has 0 bridgehead atoms. The zero-order valence-electron chi connectivity index (χ0n) is 22.6. The van der Waals surface area contributed by atoms with Gasteiger partial charge in [-0.3, -0.25) is 9.59 Å². The van der Waals surface area contributed by atoms with Gasteiger partial charge in [-0.1, -0.05) is 89.4 Å². The SMILES string of the molecule is CC(=O)NC1(c2ccccc2)CCN(CC2CC2(C(=O)NCCc2ccccc2Cl)c2ccc(Cl)c(Cl)c2)CC1. The van der Waals surface area contributed by atoms with Gasteiger partial charge in [-0.2, -0.15) is 0 Å². The molecule has 1 heterocycles. The molecule has 1 aliphatic heterocycles. The van der Waals surface area contributed by atoms with Gasteiger partial charge in [0.2, 0.25) is 11.8 Å². The monoisotopic (exact) mass is 597 g/mol. The fourth-order valence-electron chi connectivity index (χ4n) is 6.27. The molecule has 2 aliphatic rings. The lowest BCUT2D eigenvalue weighted by molar-refractivity contribution is -0.124. The molecular formula is C32H34Cl3N3O2. The van der Waals surface area contributed by atoms with Crippen LogP contribution >= 0.6 is 34.8 Å². The molecule has 5 nitrogen and oxygen atoms in total. The number of amides is 2. The molecule has 2 unspecified atom stereocenters. The Bertz CT molecular complexity index is 1370. The van der Waals surface area contributed by atoms with Crippen LogP contribution in [0.2, 0.25) is 15.1 Å². The fourth-order valence-corrected chi connectivity index (χ4v) is 6.79. The minimum atomic E-state index is -0.652. The summed E-state index contributed by atoms with van der Waals surface area (Å²) in [4.78, 5) is 28.3. The second kappa shape index (κ2) is 12.1. The van der Waals surface area contributed by atoms with Crippen molar-refractivity contribution in [3.8, 4) is 0 Å². The van der Waals surface area contributed by atoms with Gasteiger partial charge < -0.3 is 15.5 Å². The number of hydrogen-bond acceptors (Lipinski definition) is 3. The number of likely N-dealkylation sites (tertiary alicyclic amines) is 1. The van der Waals surface area contributed by atoms with Crippen LogP contribution in [0.4, 0.5) is 0 Å². The highest BCUT2D eigenvalue weighted by molar-refractivity contribution is 6.42.